The van der Waals surface area contributed by atoms with Gasteiger partial charge in [-0.1, -0.05) is 42.8 Å². The highest BCUT2D eigenvalue weighted by atomic mass is 35.5. The van der Waals surface area contributed by atoms with Crippen LogP contribution in [-0.4, -0.2) is 0 Å². The normalized spacial score (nSPS) is 12.2. The monoisotopic (exact) mass is 277 g/mol. The quantitative estimate of drug-likeness (QED) is 0.808. The topological polar surface area (TPSA) is 12.0 Å². The number of rotatable bonds is 4. The number of anilines is 1. The molecule has 0 aliphatic heterocycles. The number of hydrogen-bond donors (Lipinski definition) is 1. The summed E-state index contributed by atoms with van der Waals surface area (Å²) >= 11 is 6.08. The maximum absolute atomic E-state index is 13.1. The molecule has 3 heteroatoms. The SMILES string of the molecule is CCc1ccccc1NC(C)c1ccc(F)cc1Cl. The Kier molecular flexibility index (Phi) is 4.43. The molecule has 1 unspecified atom stereocenters. The zero-order valence-corrected chi connectivity index (χ0v) is 11.8. The molecule has 2 aromatic rings. The molecule has 1 atom stereocenters. The first-order valence-corrected chi connectivity index (χ1v) is 6.79. The molecule has 0 aliphatic carbocycles. The molecular weight excluding hydrogens is 261 g/mol. The fourth-order valence-electron chi connectivity index (χ4n) is 2.13. The number of hydrogen-bond acceptors (Lipinski definition) is 1. The van der Waals surface area contributed by atoms with Crippen LogP contribution in [-0.2, 0) is 6.42 Å². The summed E-state index contributed by atoms with van der Waals surface area (Å²) in [5.74, 6) is -0.310. The first-order valence-electron chi connectivity index (χ1n) is 6.41. The van der Waals surface area contributed by atoms with E-state index in [1.54, 1.807) is 6.07 Å². The number of para-hydroxylation sites is 1. The van der Waals surface area contributed by atoms with Crippen molar-refractivity contribution in [3.05, 3.63) is 64.4 Å². The lowest BCUT2D eigenvalue weighted by atomic mass is 10.1. The van der Waals surface area contributed by atoms with Gasteiger partial charge in [-0.25, -0.2) is 4.39 Å². The first-order chi connectivity index (χ1) is 9.11. The van der Waals surface area contributed by atoms with E-state index in [4.69, 9.17) is 11.6 Å². The predicted molar refractivity (Wildman–Crippen MR) is 79.3 cm³/mol. The molecule has 0 spiro atoms. The van der Waals surface area contributed by atoms with E-state index >= 15 is 0 Å². The molecule has 0 amide bonds. The number of nitrogens with one attached hydrogen (secondary N) is 1. The average Bonchev–Trinajstić information content (AvgIpc) is 2.39. The van der Waals surface area contributed by atoms with E-state index in [-0.39, 0.29) is 11.9 Å². The molecule has 19 heavy (non-hydrogen) atoms. The third-order valence-corrected chi connectivity index (χ3v) is 3.53. The molecule has 0 radical (unpaired) electrons. The Bertz CT molecular complexity index is 568. The van der Waals surface area contributed by atoms with Crippen LogP contribution in [0.15, 0.2) is 42.5 Å². The fourth-order valence-corrected chi connectivity index (χ4v) is 2.46. The lowest BCUT2D eigenvalue weighted by Crippen LogP contribution is -2.09. The largest absolute Gasteiger partial charge is 0.378 e. The summed E-state index contributed by atoms with van der Waals surface area (Å²) < 4.78 is 13.1. The summed E-state index contributed by atoms with van der Waals surface area (Å²) in [5.41, 5.74) is 3.25. The van der Waals surface area contributed by atoms with Gasteiger partial charge in [0.15, 0.2) is 0 Å². The van der Waals surface area contributed by atoms with Gasteiger partial charge < -0.3 is 5.32 Å². The van der Waals surface area contributed by atoms with E-state index in [1.807, 2.05) is 25.1 Å². The Morgan fingerprint density at radius 1 is 1.21 bits per heavy atom. The Balaban J connectivity index is 2.23. The Labute approximate surface area is 118 Å². The molecule has 1 N–H and O–H groups in total. The molecule has 0 saturated carbocycles. The zero-order chi connectivity index (χ0) is 13.8. The second-order valence-electron chi connectivity index (χ2n) is 4.54. The molecule has 2 aromatic carbocycles. The van der Waals surface area contributed by atoms with E-state index in [1.165, 1.54) is 17.7 Å². The van der Waals surface area contributed by atoms with E-state index in [0.29, 0.717) is 5.02 Å². The highest BCUT2D eigenvalue weighted by Gasteiger charge is 2.11. The van der Waals surface area contributed by atoms with Crippen molar-refractivity contribution in [2.45, 2.75) is 26.3 Å². The molecule has 0 saturated heterocycles. The van der Waals surface area contributed by atoms with E-state index in [9.17, 15) is 4.39 Å². The molecule has 100 valence electrons. The van der Waals surface area contributed by atoms with Gasteiger partial charge >= 0.3 is 0 Å². The molecule has 0 bridgehead atoms. The summed E-state index contributed by atoms with van der Waals surface area (Å²) in [6, 6.07) is 12.7. The molecule has 1 nitrogen and oxygen atoms in total. The summed E-state index contributed by atoms with van der Waals surface area (Å²) in [5, 5.41) is 3.88. The fraction of sp³-hybridized carbons (Fsp3) is 0.250. The van der Waals surface area contributed by atoms with Crippen molar-refractivity contribution in [2.75, 3.05) is 5.32 Å². The van der Waals surface area contributed by atoms with Crippen molar-refractivity contribution in [1.82, 2.24) is 0 Å². The van der Waals surface area contributed by atoms with Crippen molar-refractivity contribution in [2.24, 2.45) is 0 Å². The number of benzene rings is 2. The van der Waals surface area contributed by atoms with Crippen LogP contribution >= 0.6 is 11.6 Å². The molecule has 0 aromatic heterocycles. The van der Waals surface area contributed by atoms with Crippen molar-refractivity contribution < 1.29 is 4.39 Å². The van der Waals surface area contributed by atoms with E-state index in [2.05, 4.69) is 18.3 Å². The third kappa shape index (κ3) is 3.27. The van der Waals surface area contributed by atoms with Gasteiger partial charge in [0.25, 0.3) is 0 Å². The molecule has 2 rings (SSSR count). The van der Waals surface area contributed by atoms with Crippen molar-refractivity contribution >= 4 is 17.3 Å². The van der Waals surface area contributed by atoms with Gasteiger partial charge in [-0.15, -0.1) is 0 Å². The molecule has 0 fully saturated rings. The standard InChI is InChI=1S/C16H17ClFN/c1-3-12-6-4-5-7-16(12)19-11(2)14-9-8-13(18)10-15(14)17/h4-11,19H,3H2,1-2H3. The van der Waals surface area contributed by atoms with Crippen LogP contribution in [0.2, 0.25) is 5.02 Å². The predicted octanol–water partition coefficient (Wildman–Crippen LogP) is 5.21. The van der Waals surface area contributed by atoms with Gasteiger partial charge in [0.1, 0.15) is 5.82 Å². The van der Waals surface area contributed by atoms with Crippen molar-refractivity contribution in [1.29, 1.82) is 0 Å². The Morgan fingerprint density at radius 2 is 1.95 bits per heavy atom. The van der Waals surface area contributed by atoms with Gasteiger partial charge in [0.2, 0.25) is 0 Å². The van der Waals surface area contributed by atoms with Gasteiger partial charge in [-0.2, -0.15) is 0 Å². The van der Waals surface area contributed by atoms with Gasteiger partial charge in [0, 0.05) is 10.7 Å². The van der Waals surface area contributed by atoms with Crippen LogP contribution in [0.1, 0.15) is 31.0 Å². The highest BCUT2D eigenvalue weighted by Crippen LogP contribution is 2.28. The zero-order valence-electron chi connectivity index (χ0n) is 11.1. The van der Waals surface area contributed by atoms with Crippen LogP contribution in [0, 0.1) is 5.82 Å². The molecule has 0 aliphatic rings. The summed E-state index contributed by atoms with van der Waals surface area (Å²) in [7, 11) is 0. The number of halogens is 2. The second-order valence-corrected chi connectivity index (χ2v) is 4.95. The maximum atomic E-state index is 13.1. The second kappa shape index (κ2) is 6.07. The third-order valence-electron chi connectivity index (χ3n) is 3.20. The van der Waals surface area contributed by atoms with Crippen LogP contribution in [0.5, 0.6) is 0 Å². The lowest BCUT2D eigenvalue weighted by Gasteiger charge is -2.19. The van der Waals surface area contributed by atoms with Crippen molar-refractivity contribution in [3.63, 3.8) is 0 Å². The summed E-state index contributed by atoms with van der Waals surface area (Å²) in [6.45, 7) is 4.14. The Morgan fingerprint density at radius 3 is 2.63 bits per heavy atom. The molecular formula is C16H17ClFN. The minimum absolute atomic E-state index is 0.0285. The van der Waals surface area contributed by atoms with Gasteiger partial charge in [-0.05, 0) is 42.7 Å². The first kappa shape index (κ1) is 13.9. The minimum atomic E-state index is -0.310. The molecule has 0 heterocycles. The smallest absolute Gasteiger partial charge is 0.124 e. The van der Waals surface area contributed by atoms with Crippen LogP contribution in [0.4, 0.5) is 10.1 Å². The average molecular weight is 278 g/mol. The van der Waals surface area contributed by atoms with Crippen LogP contribution in [0.3, 0.4) is 0 Å². The van der Waals surface area contributed by atoms with Gasteiger partial charge in [-0.3, -0.25) is 0 Å². The van der Waals surface area contributed by atoms with Crippen molar-refractivity contribution in [3.8, 4) is 0 Å². The Hall–Kier alpha value is -1.54. The van der Waals surface area contributed by atoms with Crippen LogP contribution < -0.4 is 5.32 Å². The minimum Gasteiger partial charge on any atom is -0.378 e. The maximum Gasteiger partial charge on any atom is 0.124 e. The number of aryl methyl sites for hydroxylation is 1. The summed E-state index contributed by atoms with van der Waals surface area (Å²) in [4.78, 5) is 0. The van der Waals surface area contributed by atoms with Gasteiger partial charge in [0.05, 0.1) is 6.04 Å². The van der Waals surface area contributed by atoms with E-state index < -0.39 is 0 Å². The van der Waals surface area contributed by atoms with E-state index in [0.717, 1.165) is 17.7 Å². The highest BCUT2D eigenvalue weighted by molar-refractivity contribution is 6.31. The lowest BCUT2D eigenvalue weighted by molar-refractivity contribution is 0.626. The van der Waals surface area contributed by atoms with Crippen LogP contribution in [0.25, 0.3) is 0 Å². The summed E-state index contributed by atoms with van der Waals surface area (Å²) in [6.07, 6.45) is 0.965.